The lowest BCUT2D eigenvalue weighted by molar-refractivity contribution is -0.145. The molecule has 3 amide bonds. The number of hydrogen-bond donors (Lipinski definition) is 3. The Balaban J connectivity index is 1.28. The first kappa shape index (κ1) is 30.8. The number of nitrogens with one attached hydrogen (secondary N) is 3. The molecular formula is C34H41N5O3S. The van der Waals surface area contributed by atoms with E-state index < -0.39 is 5.41 Å². The van der Waals surface area contributed by atoms with Crippen LogP contribution in [0.2, 0.25) is 0 Å². The largest absolute Gasteiger partial charge is 0.329 e. The van der Waals surface area contributed by atoms with Gasteiger partial charge in [-0.15, -0.1) is 0 Å². The molecule has 3 N–H and O–H groups in total. The van der Waals surface area contributed by atoms with Gasteiger partial charge >= 0.3 is 0 Å². The third-order valence-electron chi connectivity index (χ3n) is 8.76. The second-order valence-electron chi connectivity index (χ2n) is 11.5. The van der Waals surface area contributed by atoms with Gasteiger partial charge in [-0.3, -0.25) is 14.4 Å². The Kier molecular flexibility index (Phi) is 10.1. The van der Waals surface area contributed by atoms with Gasteiger partial charge in [0.25, 0.3) is 0 Å². The zero-order chi connectivity index (χ0) is 30.2. The molecule has 0 saturated carbocycles. The standard InChI is InChI=1S/C34H41N5O3S/c1-3-34(13-16-43-17-14-34)33(42)39(22-26-9-5-4-8-25(26)21-35-2)23-31(40)37-29-12-11-24-18-28(19-27(24)20-29)32(41)38-30-10-6-7-15-36-30/h4-12,15,20,28,35H,3,13-14,16-19,21-23H2,1-2H3,(H,37,40)(H,36,38,41)/t28-/m1/s1. The van der Waals surface area contributed by atoms with Crippen LogP contribution in [0.15, 0.2) is 66.9 Å². The summed E-state index contributed by atoms with van der Waals surface area (Å²) in [5.41, 5.74) is 4.57. The van der Waals surface area contributed by atoms with Gasteiger partial charge in [-0.05, 0) is 97.2 Å². The van der Waals surface area contributed by atoms with Crippen LogP contribution in [0.1, 0.15) is 48.4 Å². The van der Waals surface area contributed by atoms with Crippen molar-refractivity contribution in [1.82, 2.24) is 15.2 Å². The van der Waals surface area contributed by atoms with Crippen LogP contribution in [0, 0.1) is 11.3 Å². The summed E-state index contributed by atoms with van der Waals surface area (Å²) < 4.78 is 0. The number of carbonyl (C=O) groups excluding carboxylic acids is 3. The average molecular weight is 600 g/mol. The molecule has 1 atom stereocenters. The Morgan fingerprint density at radius 2 is 1.70 bits per heavy atom. The lowest BCUT2D eigenvalue weighted by Gasteiger charge is -2.39. The highest BCUT2D eigenvalue weighted by Crippen LogP contribution is 2.40. The maximum Gasteiger partial charge on any atom is 0.244 e. The smallest absolute Gasteiger partial charge is 0.244 e. The average Bonchev–Trinajstić information content (AvgIpc) is 3.46. The number of hydrogen-bond acceptors (Lipinski definition) is 6. The van der Waals surface area contributed by atoms with Crippen LogP contribution in [0.3, 0.4) is 0 Å². The van der Waals surface area contributed by atoms with Gasteiger partial charge in [0.15, 0.2) is 0 Å². The van der Waals surface area contributed by atoms with Crippen LogP contribution in [0.4, 0.5) is 11.5 Å². The topological polar surface area (TPSA) is 103 Å². The monoisotopic (exact) mass is 599 g/mol. The molecule has 226 valence electrons. The molecule has 2 aliphatic rings. The third-order valence-corrected chi connectivity index (χ3v) is 9.74. The van der Waals surface area contributed by atoms with Gasteiger partial charge in [-0.2, -0.15) is 11.8 Å². The molecule has 1 aliphatic carbocycles. The number of anilines is 2. The normalized spacial score (nSPS) is 17.1. The van der Waals surface area contributed by atoms with Gasteiger partial charge in [0, 0.05) is 30.9 Å². The number of amides is 3. The van der Waals surface area contributed by atoms with Crippen molar-refractivity contribution in [3.05, 3.63) is 89.1 Å². The van der Waals surface area contributed by atoms with Gasteiger partial charge in [0.05, 0.1) is 5.41 Å². The Labute approximate surface area is 258 Å². The van der Waals surface area contributed by atoms with E-state index in [2.05, 4.69) is 33.9 Å². The quantitative estimate of drug-likeness (QED) is 0.285. The zero-order valence-corrected chi connectivity index (χ0v) is 25.8. The molecule has 8 nitrogen and oxygen atoms in total. The van der Waals surface area contributed by atoms with Gasteiger partial charge in [0.1, 0.15) is 12.4 Å². The molecule has 0 unspecified atom stereocenters. The summed E-state index contributed by atoms with van der Waals surface area (Å²) in [7, 11) is 1.91. The number of thioether (sulfide) groups is 1. The second-order valence-corrected chi connectivity index (χ2v) is 12.8. The Morgan fingerprint density at radius 1 is 0.953 bits per heavy atom. The third kappa shape index (κ3) is 7.46. The van der Waals surface area contributed by atoms with Crippen LogP contribution >= 0.6 is 11.8 Å². The molecule has 43 heavy (non-hydrogen) atoms. The molecule has 1 aromatic heterocycles. The van der Waals surface area contributed by atoms with Gasteiger partial charge in [-0.1, -0.05) is 43.3 Å². The van der Waals surface area contributed by atoms with Crippen LogP contribution in [0.5, 0.6) is 0 Å². The molecule has 0 radical (unpaired) electrons. The zero-order valence-electron chi connectivity index (χ0n) is 25.0. The molecule has 2 heterocycles. The van der Waals surface area contributed by atoms with Gasteiger partial charge < -0.3 is 20.9 Å². The Bertz CT molecular complexity index is 1440. The Hall–Kier alpha value is -3.69. The highest BCUT2D eigenvalue weighted by Gasteiger charge is 2.41. The number of rotatable bonds is 11. The Morgan fingerprint density at radius 3 is 2.42 bits per heavy atom. The van der Waals surface area contributed by atoms with Gasteiger partial charge in [-0.25, -0.2) is 4.98 Å². The van der Waals surface area contributed by atoms with Crippen molar-refractivity contribution in [3.8, 4) is 0 Å². The lowest BCUT2D eigenvalue weighted by atomic mass is 9.78. The lowest BCUT2D eigenvalue weighted by Crippen LogP contribution is -2.48. The first-order chi connectivity index (χ1) is 20.9. The van der Waals surface area contributed by atoms with E-state index in [1.165, 1.54) is 0 Å². The van der Waals surface area contributed by atoms with E-state index in [-0.39, 0.29) is 30.2 Å². The molecule has 3 aromatic rings. The van der Waals surface area contributed by atoms with Gasteiger partial charge in [0.2, 0.25) is 17.7 Å². The second kappa shape index (κ2) is 14.2. The number of benzene rings is 2. The summed E-state index contributed by atoms with van der Waals surface area (Å²) in [6.45, 7) is 3.15. The predicted octanol–water partition coefficient (Wildman–Crippen LogP) is 5.05. The maximum atomic E-state index is 14.2. The highest BCUT2D eigenvalue weighted by atomic mass is 32.2. The van der Waals surface area contributed by atoms with Crippen LogP contribution < -0.4 is 16.0 Å². The number of aromatic nitrogens is 1. The van der Waals surface area contributed by atoms with Crippen molar-refractivity contribution in [2.75, 3.05) is 35.7 Å². The predicted molar refractivity (Wildman–Crippen MR) is 173 cm³/mol. The van der Waals surface area contributed by atoms with E-state index in [9.17, 15) is 14.4 Å². The molecule has 1 saturated heterocycles. The van der Waals surface area contributed by atoms with E-state index >= 15 is 0 Å². The SMILES string of the molecule is CCC1(C(=O)N(CC(=O)Nc2ccc3c(c2)C[C@H](C(=O)Nc2ccccn2)C3)Cc2ccccc2CNC)CCSCC1. The summed E-state index contributed by atoms with van der Waals surface area (Å²) in [4.78, 5) is 46.5. The fraction of sp³-hybridized carbons (Fsp3) is 0.412. The molecule has 0 spiro atoms. The first-order valence-corrected chi connectivity index (χ1v) is 16.3. The number of fused-ring (bicyclic) bond motifs is 1. The molecule has 2 aromatic carbocycles. The van der Waals surface area contributed by atoms with E-state index in [1.807, 2.05) is 67.3 Å². The fourth-order valence-electron chi connectivity index (χ4n) is 6.22. The van der Waals surface area contributed by atoms with Crippen molar-refractivity contribution in [3.63, 3.8) is 0 Å². The van der Waals surface area contributed by atoms with Crippen molar-refractivity contribution in [2.24, 2.45) is 11.3 Å². The minimum atomic E-state index is -0.429. The summed E-state index contributed by atoms with van der Waals surface area (Å²) in [5, 5.41) is 9.15. The van der Waals surface area contributed by atoms with Crippen LogP contribution in [-0.2, 0) is 40.3 Å². The van der Waals surface area contributed by atoms with Crippen LogP contribution in [0.25, 0.3) is 0 Å². The number of carbonyl (C=O) groups is 3. The molecule has 0 bridgehead atoms. The molecular weight excluding hydrogens is 558 g/mol. The van der Waals surface area contributed by atoms with Crippen molar-refractivity contribution < 1.29 is 14.4 Å². The highest BCUT2D eigenvalue weighted by molar-refractivity contribution is 7.99. The summed E-state index contributed by atoms with van der Waals surface area (Å²) >= 11 is 1.90. The maximum absolute atomic E-state index is 14.2. The summed E-state index contributed by atoms with van der Waals surface area (Å²) in [5.74, 6) is 2.07. The van der Waals surface area contributed by atoms with E-state index in [1.54, 1.807) is 17.2 Å². The van der Waals surface area contributed by atoms with Crippen molar-refractivity contribution in [2.45, 2.75) is 52.1 Å². The minimum Gasteiger partial charge on any atom is -0.329 e. The molecule has 1 aliphatic heterocycles. The summed E-state index contributed by atoms with van der Waals surface area (Å²) in [6.07, 6.45) is 5.34. The number of pyridine rings is 1. The first-order valence-electron chi connectivity index (χ1n) is 15.1. The number of nitrogens with zero attached hydrogens (tertiary/aromatic N) is 2. The molecule has 9 heteroatoms. The van der Waals surface area contributed by atoms with E-state index in [0.717, 1.165) is 53.0 Å². The van der Waals surface area contributed by atoms with Crippen molar-refractivity contribution in [1.29, 1.82) is 0 Å². The van der Waals surface area contributed by atoms with E-state index in [4.69, 9.17) is 0 Å². The van der Waals surface area contributed by atoms with Crippen molar-refractivity contribution >= 4 is 41.0 Å². The summed E-state index contributed by atoms with van der Waals surface area (Å²) in [6, 6.07) is 19.4. The fourth-order valence-corrected chi connectivity index (χ4v) is 7.49. The van der Waals surface area contributed by atoms with E-state index in [0.29, 0.717) is 37.4 Å². The minimum absolute atomic E-state index is 0.0200. The van der Waals surface area contributed by atoms with Crippen LogP contribution in [-0.4, -0.2) is 52.7 Å². The molecule has 5 rings (SSSR count). The molecule has 1 fully saturated rings.